The monoisotopic (exact) mass is 436 g/mol. The SMILES string of the molecule is CC1(c2ccccc2)CCN(C(=O)Nc2c(C#N)cccc2-c2ccc(C3CC3)nc2)CC1. The number of carbonyl (C=O) groups is 1. The number of piperidine rings is 1. The van der Waals surface area contributed by atoms with E-state index in [0.29, 0.717) is 30.3 Å². The molecule has 2 aliphatic rings. The molecule has 2 aromatic carbocycles. The van der Waals surface area contributed by atoms with Crippen molar-refractivity contribution in [2.24, 2.45) is 0 Å². The Bertz CT molecular complexity index is 1180. The van der Waals surface area contributed by atoms with E-state index in [4.69, 9.17) is 0 Å². The van der Waals surface area contributed by atoms with Crippen LogP contribution in [0.2, 0.25) is 0 Å². The van der Waals surface area contributed by atoms with Crippen LogP contribution in [0.1, 0.15) is 55.3 Å². The second-order valence-corrected chi connectivity index (χ2v) is 9.43. The molecular formula is C28H28N4O. The van der Waals surface area contributed by atoms with E-state index in [1.165, 1.54) is 18.4 Å². The minimum atomic E-state index is -0.156. The van der Waals surface area contributed by atoms with Gasteiger partial charge in [0.25, 0.3) is 0 Å². The summed E-state index contributed by atoms with van der Waals surface area (Å²) >= 11 is 0. The van der Waals surface area contributed by atoms with Crippen LogP contribution in [0.5, 0.6) is 0 Å². The Morgan fingerprint density at radius 3 is 2.45 bits per heavy atom. The number of carbonyl (C=O) groups excluding carboxylic acids is 1. The molecule has 1 N–H and O–H groups in total. The van der Waals surface area contributed by atoms with Crippen LogP contribution in [0.15, 0.2) is 66.9 Å². The number of nitrogens with zero attached hydrogens (tertiary/aromatic N) is 3. The van der Waals surface area contributed by atoms with Crippen LogP contribution in [-0.4, -0.2) is 29.0 Å². The quantitative estimate of drug-likeness (QED) is 0.539. The molecule has 166 valence electrons. The fourth-order valence-electron chi connectivity index (χ4n) is 4.72. The summed E-state index contributed by atoms with van der Waals surface area (Å²) in [5.74, 6) is 0.587. The van der Waals surface area contributed by atoms with E-state index >= 15 is 0 Å². The van der Waals surface area contributed by atoms with Gasteiger partial charge in [0.1, 0.15) is 6.07 Å². The van der Waals surface area contributed by atoms with E-state index in [9.17, 15) is 10.1 Å². The Kier molecular flexibility index (Phi) is 5.60. The van der Waals surface area contributed by atoms with Gasteiger partial charge in [-0.3, -0.25) is 4.98 Å². The number of nitriles is 1. The predicted molar refractivity (Wildman–Crippen MR) is 130 cm³/mol. The van der Waals surface area contributed by atoms with Gasteiger partial charge in [0.05, 0.1) is 11.3 Å². The number of nitrogens with one attached hydrogen (secondary N) is 1. The number of para-hydroxylation sites is 1. The molecule has 1 aromatic heterocycles. The van der Waals surface area contributed by atoms with Gasteiger partial charge in [0.15, 0.2) is 0 Å². The van der Waals surface area contributed by atoms with E-state index in [-0.39, 0.29) is 11.4 Å². The number of hydrogen-bond donors (Lipinski definition) is 1. The number of benzene rings is 2. The zero-order chi connectivity index (χ0) is 22.8. The maximum Gasteiger partial charge on any atom is 0.321 e. The Labute approximate surface area is 195 Å². The fourth-order valence-corrected chi connectivity index (χ4v) is 4.72. The van der Waals surface area contributed by atoms with Gasteiger partial charge in [-0.05, 0) is 48.8 Å². The molecule has 0 radical (unpaired) electrons. The molecule has 0 bridgehead atoms. The van der Waals surface area contributed by atoms with E-state index < -0.39 is 0 Å². The van der Waals surface area contributed by atoms with Crippen LogP contribution in [0.25, 0.3) is 11.1 Å². The van der Waals surface area contributed by atoms with Crippen LogP contribution in [0.4, 0.5) is 10.5 Å². The highest BCUT2D eigenvalue weighted by Crippen LogP contribution is 2.40. The van der Waals surface area contributed by atoms with Crippen molar-refractivity contribution in [1.82, 2.24) is 9.88 Å². The summed E-state index contributed by atoms with van der Waals surface area (Å²) in [6.45, 7) is 3.64. The van der Waals surface area contributed by atoms with Crippen molar-refractivity contribution in [3.8, 4) is 17.2 Å². The van der Waals surface area contributed by atoms with Gasteiger partial charge < -0.3 is 10.2 Å². The molecule has 33 heavy (non-hydrogen) atoms. The second-order valence-electron chi connectivity index (χ2n) is 9.43. The fraction of sp³-hybridized carbons (Fsp3) is 0.321. The van der Waals surface area contributed by atoms with Crippen molar-refractivity contribution in [3.63, 3.8) is 0 Å². The van der Waals surface area contributed by atoms with Gasteiger partial charge in [-0.1, -0.05) is 55.5 Å². The lowest BCUT2D eigenvalue weighted by atomic mass is 9.74. The molecule has 2 amide bonds. The molecule has 1 saturated carbocycles. The van der Waals surface area contributed by atoms with Crippen LogP contribution < -0.4 is 5.32 Å². The Hall–Kier alpha value is -3.65. The van der Waals surface area contributed by atoms with Crippen molar-refractivity contribution < 1.29 is 4.79 Å². The van der Waals surface area contributed by atoms with Gasteiger partial charge in [-0.15, -0.1) is 0 Å². The van der Waals surface area contributed by atoms with Crippen LogP contribution >= 0.6 is 0 Å². The number of anilines is 1. The summed E-state index contributed by atoms with van der Waals surface area (Å²) < 4.78 is 0. The molecule has 5 nitrogen and oxygen atoms in total. The van der Waals surface area contributed by atoms with Crippen LogP contribution in [-0.2, 0) is 5.41 Å². The first-order valence-corrected chi connectivity index (χ1v) is 11.7. The molecular weight excluding hydrogens is 408 g/mol. The zero-order valence-electron chi connectivity index (χ0n) is 18.9. The average Bonchev–Trinajstić information content (AvgIpc) is 3.71. The van der Waals surface area contributed by atoms with Crippen molar-refractivity contribution in [2.75, 3.05) is 18.4 Å². The smallest absolute Gasteiger partial charge is 0.321 e. The highest BCUT2D eigenvalue weighted by Gasteiger charge is 2.33. The van der Waals surface area contributed by atoms with Gasteiger partial charge in [-0.2, -0.15) is 5.26 Å². The van der Waals surface area contributed by atoms with Crippen molar-refractivity contribution in [3.05, 3.63) is 83.7 Å². The minimum absolute atomic E-state index is 0.0722. The highest BCUT2D eigenvalue weighted by atomic mass is 16.2. The van der Waals surface area contributed by atoms with Gasteiger partial charge in [-0.25, -0.2) is 4.79 Å². The Morgan fingerprint density at radius 2 is 1.82 bits per heavy atom. The maximum atomic E-state index is 13.2. The van der Waals surface area contributed by atoms with E-state index in [0.717, 1.165) is 29.7 Å². The highest BCUT2D eigenvalue weighted by molar-refractivity contribution is 5.96. The summed E-state index contributed by atoms with van der Waals surface area (Å²) in [5, 5.41) is 12.8. The number of aromatic nitrogens is 1. The number of urea groups is 1. The second kappa shape index (κ2) is 8.71. The topological polar surface area (TPSA) is 69.0 Å². The normalized spacial score (nSPS) is 17.3. The number of likely N-dealkylation sites (tertiary alicyclic amines) is 1. The lowest BCUT2D eigenvalue weighted by Crippen LogP contribution is -2.45. The van der Waals surface area contributed by atoms with Crippen molar-refractivity contribution in [2.45, 2.75) is 43.9 Å². The third-order valence-corrected chi connectivity index (χ3v) is 7.13. The van der Waals surface area contributed by atoms with E-state index in [1.807, 2.05) is 35.4 Å². The summed E-state index contributed by atoms with van der Waals surface area (Å²) in [6.07, 6.45) is 6.08. The first-order valence-electron chi connectivity index (χ1n) is 11.7. The lowest BCUT2D eigenvalue weighted by molar-refractivity contribution is 0.174. The van der Waals surface area contributed by atoms with Crippen LogP contribution in [0.3, 0.4) is 0 Å². The standard InChI is InChI=1S/C28H28N4O/c1-28(23-7-3-2-4-8-23)14-16-32(17-15-28)27(33)31-26-21(18-29)6-5-9-24(26)22-12-13-25(30-19-22)20-10-11-20/h2-9,12-13,19-20H,10-11,14-17H2,1H3,(H,31,33). The molecule has 2 fully saturated rings. The molecule has 5 heteroatoms. The summed E-state index contributed by atoms with van der Waals surface area (Å²) in [5.41, 5.74) is 5.26. The van der Waals surface area contributed by atoms with Gasteiger partial charge in [0, 0.05) is 42.0 Å². The van der Waals surface area contributed by atoms with E-state index in [1.54, 1.807) is 6.07 Å². The number of hydrogen-bond acceptors (Lipinski definition) is 3. The maximum absolute atomic E-state index is 13.2. The Morgan fingerprint density at radius 1 is 1.06 bits per heavy atom. The van der Waals surface area contributed by atoms with E-state index in [2.05, 4.69) is 53.6 Å². The summed E-state index contributed by atoms with van der Waals surface area (Å²) in [6, 6.07) is 22.3. The largest absolute Gasteiger partial charge is 0.324 e. The summed E-state index contributed by atoms with van der Waals surface area (Å²) in [4.78, 5) is 19.7. The first kappa shape index (κ1) is 21.2. The molecule has 3 aromatic rings. The number of pyridine rings is 1. The zero-order valence-corrected chi connectivity index (χ0v) is 18.9. The molecule has 0 unspecified atom stereocenters. The predicted octanol–water partition coefficient (Wildman–Crippen LogP) is 6.08. The molecule has 2 heterocycles. The molecule has 0 atom stereocenters. The van der Waals surface area contributed by atoms with Crippen molar-refractivity contribution >= 4 is 11.7 Å². The molecule has 1 aliphatic carbocycles. The average molecular weight is 437 g/mol. The first-order chi connectivity index (χ1) is 16.1. The molecule has 1 aliphatic heterocycles. The van der Waals surface area contributed by atoms with Crippen LogP contribution in [0, 0.1) is 11.3 Å². The third kappa shape index (κ3) is 4.34. The summed E-state index contributed by atoms with van der Waals surface area (Å²) in [7, 11) is 0. The minimum Gasteiger partial charge on any atom is -0.324 e. The lowest BCUT2D eigenvalue weighted by Gasteiger charge is -2.39. The number of amides is 2. The molecule has 5 rings (SSSR count). The van der Waals surface area contributed by atoms with Gasteiger partial charge >= 0.3 is 6.03 Å². The number of rotatable bonds is 4. The van der Waals surface area contributed by atoms with Gasteiger partial charge in [0.2, 0.25) is 0 Å². The molecule has 0 spiro atoms. The third-order valence-electron chi connectivity index (χ3n) is 7.13. The Balaban J connectivity index is 1.34. The van der Waals surface area contributed by atoms with Crippen molar-refractivity contribution in [1.29, 1.82) is 5.26 Å². The molecule has 1 saturated heterocycles.